The number of halogens is 3. The molecule has 0 saturated heterocycles. The van der Waals surface area contributed by atoms with Crippen LogP contribution >= 0.6 is 11.6 Å². The molecule has 0 radical (unpaired) electrons. The molecule has 0 saturated carbocycles. The van der Waals surface area contributed by atoms with Crippen molar-refractivity contribution < 1.29 is 13.5 Å². The lowest BCUT2D eigenvalue weighted by molar-refractivity contribution is 0.148. The molecule has 0 aliphatic rings. The van der Waals surface area contributed by atoms with E-state index in [9.17, 15) is 8.78 Å². The molecule has 0 aliphatic carbocycles. The molecule has 0 bridgehead atoms. The van der Waals surface area contributed by atoms with E-state index in [-0.39, 0.29) is 16.3 Å². The molecule has 2 nitrogen and oxygen atoms in total. The van der Waals surface area contributed by atoms with Gasteiger partial charge in [-0.3, -0.25) is 0 Å². The molecule has 0 aliphatic heterocycles. The predicted molar refractivity (Wildman–Crippen MR) is 67.3 cm³/mol. The molecule has 0 amide bonds. The molecular weight excluding hydrogens is 260 g/mol. The molecule has 0 heterocycles. The maximum Gasteiger partial charge on any atom is 0.267 e. The van der Waals surface area contributed by atoms with Gasteiger partial charge < -0.3 is 10.5 Å². The van der Waals surface area contributed by atoms with Gasteiger partial charge in [0.25, 0.3) is 6.43 Å². The smallest absolute Gasteiger partial charge is 0.267 e. The zero-order valence-electron chi connectivity index (χ0n) is 9.24. The molecule has 2 rings (SSSR count). The minimum Gasteiger partial charge on any atom is -0.457 e. The number of rotatable bonds is 3. The zero-order valence-corrected chi connectivity index (χ0v) is 9.99. The van der Waals surface area contributed by atoms with Gasteiger partial charge in [-0.1, -0.05) is 17.7 Å². The van der Waals surface area contributed by atoms with Gasteiger partial charge in [0.15, 0.2) is 0 Å². The van der Waals surface area contributed by atoms with Gasteiger partial charge in [-0.2, -0.15) is 0 Å². The van der Waals surface area contributed by atoms with Crippen LogP contribution < -0.4 is 10.5 Å². The van der Waals surface area contributed by atoms with E-state index in [1.807, 2.05) is 0 Å². The first-order valence-corrected chi connectivity index (χ1v) is 5.55. The first kappa shape index (κ1) is 12.6. The highest BCUT2D eigenvalue weighted by molar-refractivity contribution is 6.30. The lowest BCUT2D eigenvalue weighted by atomic mass is 10.2. The van der Waals surface area contributed by atoms with Crippen molar-refractivity contribution in [3.63, 3.8) is 0 Å². The highest BCUT2D eigenvalue weighted by Crippen LogP contribution is 2.34. The van der Waals surface area contributed by atoms with E-state index in [1.54, 1.807) is 24.3 Å². The Morgan fingerprint density at radius 1 is 1.11 bits per heavy atom. The van der Waals surface area contributed by atoms with E-state index in [0.29, 0.717) is 11.4 Å². The number of nitrogens with two attached hydrogens (primary N) is 1. The summed E-state index contributed by atoms with van der Waals surface area (Å²) in [5.41, 5.74) is 5.84. The van der Waals surface area contributed by atoms with E-state index in [4.69, 9.17) is 22.1 Å². The third kappa shape index (κ3) is 2.90. The quantitative estimate of drug-likeness (QED) is 0.823. The van der Waals surface area contributed by atoms with Crippen LogP contribution in [-0.4, -0.2) is 0 Å². The van der Waals surface area contributed by atoms with E-state index >= 15 is 0 Å². The van der Waals surface area contributed by atoms with Crippen LogP contribution in [0.2, 0.25) is 5.02 Å². The Morgan fingerprint density at radius 3 is 2.56 bits per heavy atom. The fraction of sp³-hybridized carbons (Fsp3) is 0.0769. The standard InChI is InChI=1S/C13H10ClF2NO/c14-8-4-5-12(11(6-8)13(15)16)18-10-3-1-2-9(17)7-10/h1-7,13H,17H2. The van der Waals surface area contributed by atoms with Crippen molar-refractivity contribution in [1.29, 1.82) is 0 Å². The molecule has 0 aromatic heterocycles. The van der Waals surface area contributed by atoms with Gasteiger partial charge in [-0.05, 0) is 30.3 Å². The van der Waals surface area contributed by atoms with Gasteiger partial charge in [0, 0.05) is 16.8 Å². The third-order valence-electron chi connectivity index (χ3n) is 2.29. The van der Waals surface area contributed by atoms with Gasteiger partial charge in [0.05, 0.1) is 5.56 Å². The van der Waals surface area contributed by atoms with Crippen molar-refractivity contribution in [1.82, 2.24) is 0 Å². The number of alkyl halides is 2. The monoisotopic (exact) mass is 269 g/mol. The maximum absolute atomic E-state index is 12.8. The second kappa shape index (κ2) is 5.23. The molecular formula is C13H10ClF2NO. The van der Waals surface area contributed by atoms with Gasteiger partial charge >= 0.3 is 0 Å². The lowest BCUT2D eigenvalue weighted by Gasteiger charge is -2.11. The Kier molecular flexibility index (Phi) is 3.67. The van der Waals surface area contributed by atoms with E-state index in [1.165, 1.54) is 18.2 Å². The molecule has 94 valence electrons. The Bertz CT molecular complexity index is 560. The minimum absolute atomic E-state index is 0.0694. The van der Waals surface area contributed by atoms with E-state index < -0.39 is 6.43 Å². The van der Waals surface area contributed by atoms with Crippen LogP contribution in [-0.2, 0) is 0 Å². The summed E-state index contributed by atoms with van der Waals surface area (Å²) in [5, 5.41) is 0.241. The van der Waals surface area contributed by atoms with E-state index in [0.717, 1.165) is 0 Å². The summed E-state index contributed by atoms with van der Waals surface area (Å²) < 4.78 is 31.0. The average Bonchev–Trinajstić information content (AvgIpc) is 2.31. The van der Waals surface area contributed by atoms with Crippen LogP contribution in [0.4, 0.5) is 14.5 Å². The number of hydrogen-bond donors (Lipinski definition) is 1. The van der Waals surface area contributed by atoms with Gasteiger partial charge in [0.1, 0.15) is 11.5 Å². The molecule has 2 aromatic carbocycles. The number of nitrogen functional groups attached to an aromatic ring is 1. The van der Waals surface area contributed by atoms with Crippen LogP contribution in [0.25, 0.3) is 0 Å². The average molecular weight is 270 g/mol. The molecule has 18 heavy (non-hydrogen) atoms. The first-order chi connectivity index (χ1) is 8.56. The lowest BCUT2D eigenvalue weighted by Crippen LogP contribution is -1.93. The highest BCUT2D eigenvalue weighted by atomic mass is 35.5. The predicted octanol–water partition coefficient (Wildman–Crippen LogP) is 4.65. The molecule has 5 heteroatoms. The van der Waals surface area contributed by atoms with Crippen molar-refractivity contribution in [2.75, 3.05) is 5.73 Å². The van der Waals surface area contributed by atoms with Crippen molar-refractivity contribution in [2.24, 2.45) is 0 Å². The molecule has 0 unspecified atom stereocenters. The van der Waals surface area contributed by atoms with Crippen molar-refractivity contribution in [3.05, 3.63) is 53.1 Å². The topological polar surface area (TPSA) is 35.2 Å². The molecule has 0 atom stereocenters. The normalized spacial score (nSPS) is 10.7. The van der Waals surface area contributed by atoms with Crippen LogP contribution in [0.3, 0.4) is 0 Å². The number of benzene rings is 2. The van der Waals surface area contributed by atoms with Crippen LogP contribution in [0.5, 0.6) is 11.5 Å². The van der Waals surface area contributed by atoms with Crippen LogP contribution in [0.15, 0.2) is 42.5 Å². The minimum atomic E-state index is -2.65. The summed E-state index contributed by atoms with van der Waals surface area (Å²) in [6.07, 6.45) is -2.65. The fourth-order valence-electron chi connectivity index (χ4n) is 1.49. The van der Waals surface area contributed by atoms with Gasteiger partial charge in [0.2, 0.25) is 0 Å². The summed E-state index contributed by atoms with van der Waals surface area (Å²) >= 11 is 5.68. The van der Waals surface area contributed by atoms with Crippen molar-refractivity contribution in [3.8, 4) is 11.5 Å². The zero-order chi connectivity index (χ0) is 13.1. The second-order valence-electron chi connectivity index (χ2n) is 3.66. The Labute approximate surface area is 108 Å². The second-order valence-corrected chi connectivity index (χ2v) is 4.09. The summed E-state index contributed by atoms with van der Waals surface area (Å²) in [7, 11) is 0. The summed E-state index contributed by atoms with van der Waals surface area (Å²) in [6.45, 7) is 0. The summed E-state index contributed by atoms with van der Waals surface area (Å²) in [5.74, 6) is 0.472. The van der Waals surface area contributed by atoms with Crippen molar-refractivity contribution >= 4 is 17.3 Å². The number of anilines is 1. The van der Waals surface area contributed by atoms with E-state index in [2.05, 4.69) is 0 Å². The summed E-state index contributed by atoms with van der Waals surface area (Å²) in [6, 6.07) is 10.7. The van der Waals surface area contributed by atoms with Crippen LogP contribution in [0.1, 0.15) is 12.0 Å². The molecule has 0 spiro atoms. The fourth-order valence-corrected chi connectivity index (χ4v) is 1.67. The van der Waals surface area contributed by atoms with Gasteiger partial charge in [-0.15, -0.1) is 0 Å². The molecule has 2 N–H and O–H groups in total. The number of hydrogen-bond acceptors (Lipinski definition) is 2. The maximum atomic E-state index is 12.8. The Morgan fingerprint density at radius 2 is 1.89 bits per heavy atom. The van der Waals surface area contributed by atoms with Gasteiger partial charge in [-0.25, -0.2) is 8.78 Å². The first-order valence-electron chi connectivity index (χ1n) is 5.17. The third-order valence-corrected chi connectivity index (χ3v) is 2.53. The Balaban J connectivity index is 2.34. The summed E-state index contributed by atoms with van der Waals surface area (Å²) in [4.78, 5) is 0. The van der Waals surface area contributed by atoms with Crippen molar-refractivity contribution in [2.45, 2.75) is 6.43 Å². The Hall–Kier alpha value is -1.81. The van der Waals surface area contributed by atoms with Crippen LogP contribution in [0, 0.1) is 0 Å². The SMILES string of the molecule is Nc1cccc(Oc2ccc(Cl)cc2C(F)F)c1. The molecule has 2 aromatic rings. The largest absolute Gasteiger partial charge is 0.457 e. The highest BCUT2D eigenvalue weighted by Gasteiger charge is 2.15. The molecule has 0 fully saturated rings. The number of ether oxygens (including phenoxy) is 1.